The molecule has 2 saturated heterocycles. The number of nitrogens with zero attached hydrogens (tertiary/aromatic N) is 2. The minimum absolute atomic E-state index is 0.0411. The van der Waals surface area contributed by atoms with Gasteiger partial charge in [0.25, 0.3) is 5.91 Å². The molecule has 6 nitrogen and oxygen atoms in total. The number of ether oxygens (including phenoxy) is 1. The number of nitrogens with one attached hydrogen (secondary N) is 1. The van der Waals surface area contributed by atoms with E-state index in [1.54, 1.807) is 19.1 Å². The Morgan fingerprint density at radius 1 is 1.28 bits per heavy atom. The van der Waals surface area contributed by atoms with Crippen LogP contribution < -0.4 is 5.32 Å². The van der Waals surface area contributed by atoms with Crippen molar-refractivity contribution in [2.45, 2.75) is 44.6 Å². The lowest BCUT2D eigenvalue weighted by Gasteiger charge is -2.40. The van der Waals surface area contributed by atoms with Crippen LogP contribution in [0.5, 0.6) is 0 Å². The van der Waals surface area contributed by atoms with Crippen LogP contribution >= 0.6 is 0 Å². The fourth-order valence-corrected chi connectivity index (χ4v) is 4.55. The van der Waals surface area contributed by atoms with Crippen molar-refractivity contribution in [1.82, 2.24) is 10.2 Å². The zero-order chi connectivity index (χ0) is 20.3. The molecular weight excluding hydrogens is 373 g/mol. The number of carbonyl (C=O) groups is 1. The Hall–Kier alpha value is -1.99. The maximum absolute atomic E-state index is 13.5. The van der Waals surface area contributed by atoms with Crippen molar-refractivity contribution in [2.24, 2.45) is 10.6 Å². The summed E-state index contributed by atoms with van der Waals surface area (Å²) in [5, 5.41) is 7.22. The molecule has 1 atom stereocenters. The van der Waals surface area contributed by atoms with E-state index in [1.165, 1.54) is 25.0 Å². The minimum Gasteiger partial charge on any atom is -0.381 e. The Morgan fingerprint density at radius 3 is 2.76 bits per heavy atom. The molecule has 0 bridgehead atoms. The van der Waals surface area contributed by atoms with Crippen LogP contribution in [-0.4, -0.2) is 61.5 Å². The van der Waals surface area contributed by atoms with Crippen LogP contribution in [0, 0.1) is 11.2 Å². The zero-order valence-corrected chi connectivity index (χ0v) is 17.1. The van der Waals surface area contributed by atoms with E-state index in [1.807, 2.05) is 0 Å². The molecule has 0 aliphatic carbocycles. The SMILES string of the molecule is CC1(C(=O)NCC2(CN3CCCC3)CCOCC2)CC(c2cccc(F)c2)=NO1. The van der Waals surface area contributed by atoms with Crippen molar-refractivity contribution in [3.8, 4) is 0 Å². The van der Waals surface area contributed by atoms with Gasteiger partial charge in [-0.2, -0.15) is 0 Å². The van der Waals surface area contributed by atoms with Crippen molar-refractivity contribution in [3.63, 3.8) is 0 Å². The van der Waals surface area contributed by atoms with Gasteiger partial charge in [0.15, 0.2) is 0 Å². The fraction of sp³-hybridized carbons (Fsp3) is 0.636. The quantitative estimate of drug-likeness (QED) is 0.793. The van der Waals surface area contributed by atoms with Gasteiger partial charge in [-0.05, 0) is 57.8 Å². The van der Waals surface area contributed by atoms with Gasteiger partial charge in [-0.15, -0.1) is 0 Å². The van der Waals surface area contributed by atoms with Gasteiger partial charge in [0, 0.05) is 43.7 Å². The van der Waals surface area contributed by atoms with Crippen LogP contribution in [0.2, 0.25) is 0 Å². The van der Waals surface area contributed by atoms with E-state index in [2.05, 4.69) is 15.4 Å². The number of likely N-dealkylation sites (tertiary alicyclic amines) is 1. The number of amides is 1. The summed E-state index contributed by atoms with van der Waals surface area (Å²) in [5.41, 5.74) is 0.220. The van der Waals surface area contributed by atoms with Crippen LogP contribution in [0.3, 0.4) is 0 Å². The summed E-state index contributed by atoms with van der Waals surface area (Å²) in [6.45, 7) is 7.12. The molecule has 1 unspecified atom stereocenters. The second kappa shape index (κ2) is 8.40. The number of rotatable bonds is 6. The Labute approximate surface area is 171 Å². The molecule has 0 spiro atoms. The first-order valence-electron chi connectivity index (χ1n) is 10.6. The number of carbonyl (C=O) groups excluding carboxylic acids is 1. The monoisotopic (exact) mass is 403 g/mol. The van der Waals surface area contributed by atoms with E-state index < -0.39 is 5.60 Å². The first-order chi connectivity index (χ1) is 14.0. The first kappa shape index (κ1) is 20.3. The summed E-state index contributed by atoms with van der Waals surface area (Å²) in [6, 6.07) is 6.22. The predicted octanol–water partition coefficient (Wildman–Crippen LogP) is 2.72. The molecule has 158 valence electrons. The van der Waals surface area contributed by atoms with Gasteiger partial charge in [-0.1, -0.05) is 17.3 Å². The third-order valence-corrected chi connectivity index (χ3v) is 6.44. The Balaban J connectivity index is 1.37. The van der Waals surface area contributed by atoms with Gasteiger partial charge in [-0.25, -0.2) is 4.39 Å². The summed E-state index contributed by atoms with van der Waals surface area (Å²) in [6.07, 6.45) is 4.74. The summed E-state index contributed by atoms with van der Waals surface area (Å²) >= 11 is 0. The van der Waals surface area contributed by atoms with Gasteiger partial charge < -0.3 is 19.8 Å². The average molecular weight is 403 g/mol. The normalized spacial score (nSPS) is 26.8. The van der Waals surface area contributed by atoms with Crippen molar-refractivity contribution < 1.29 is 18.8 Å². The summed E-state index contributed by atoms with van der Waals surface area (Å²) in [5.74, 6) is -0.494. The van der Waals surface area contributed by atoms with Crippen molar-refractivity contribution >= 4 is 11.6 Å². The lowest BCUT2D eigenvalue weighted by Crippen LogP contribution is -2.52. The molecule has 1 aromatic carbocycles. The van der Waals surface area contributed by atoms with E-state index in [-0.39, 0.29) is 17.1 Å². The van der Waals surface area contributed by atoms with Crippen LogP contribution in [0.4, 0.5) is 4.39 Å². The molecular formula is C22H30FN3O3. The molecule has 0 radical (unpaired) electrons. The van der Waals surface area contributed by atoms with Crippen molar-refractivity contribution in [1.29, 1.82) is 0 Å². The highest BCUT2D eigenvalue weighted by Gasteiger charge is 2.44. The molecule has 1 aromatic rings. The maximum Gasteiger partial charge on any atom is 0.267 e. The standard InChI is InChI=1S/C22H30FN3O3/c1-21(14-19(25-29-21)17-5-4-6-18(23)13-17)20(27)24-15-22(7-11-28-12-8-22)16-26-9-2-3-10-26/h4-6,13H,2-3,7-12,14-16H2,1H3,(H,24,27). The third-order valence-electron chi connectivity index (χ3n) is 6.44. The van der Waals surface area contributed by atoms with Gasteiger partial charge in [0.1, 0.15) is 5.82 Å². The van der Waals surface area contributed by atoms with Crippen molar-refractivity contribution in [2.75, 3.05) is 39.4 Å². The molecule has 1 amide bonds. The Morgan fingerprint density at radius 2 is 2.03 bits per heavy atom. The van der Waals surface area contributed by atoms with Crippen LogP contribution in [0.15, 0.2) is 29.4 Å². The number of oxime groups is 1. The number of hydrogen-bond donors (Lipinski definition) is 1. The molecule has 2 fully saturated rings. The van der Waals surface area contributed by atoms with E-state index in [4.69, 9.17) is 9.57 Å². The highest BCUT2D eigenvalue weighted by molar-refractivity contribution is 6.05. The molecule has 3 heterocycles. The molecule has 29 heavy (non-hydrogen) atoms. The van der Waals surface area contributed by atoms with Gasteiger partial charge >= 0.3 is 0 Å². The fourth-order valence-electron chi connectivity index (χ4n) is 4.55. The largest absolute Gasteiger partial charge is 0.381 e. The molecule has 7 heteroatoms. The number of halogens is 1. The first-order valence-corrected chi connectivity index (χ1v) is 10.6. The smallest absolute Gasteiger partial charge is 0.267 e. The number of hydrogen-bond acceptors (Lipinski definition) is 5. The minimum atomic E-state index is -1.07. The van der Waals surface area contributed by atoms with Crippen LogP contribution in [0.25, 0.3) is 0 Å². The lowest BCUT2D eigenvalue weighted by atomic mass is 9.79. The molecule has 3 aliphatic heterocycles. The van der Waals surface area contributed by atoms with Crippen LogP contribution in [-0.2, 0) is 14.4 Å². The molecule has 1 N–H and O–H groups in total. The van der Waals surface area contributed by atoms with Gasteiger partial charge in [-0.3, -0.25) is 4.79 Å². The second-order valence-electron chi connectivity index (χ2n) is 8.83. The summed E-state index contributed by atoms with van der Waals surface area (Å²) in [7, 11) is 0. The van der Waals surface area contributed by atoms with E-state index in [9.17, 15) is 9.18 Å². The van der Waals surface area contributed by atoms with Crippen molar-refractivity contribution in [3.05, 3.63) is 35.6 Å². The maximum atomic E-state index is 13.5. The highest BCUT2D eigenvalue weighted by atomic mass is 19.1. The van der Waals surface area contributed by atoms with Crippen LogP contribution in [0.1, 0.15) is 44.6 Å². The van der Waals surface area contributed by atoms with Gasteiger partial charge in [0.05, 0.1) is 5.71 Å². The second-order valence-corrected chi connectivity index (χ2v) is 8.83. The van der Waals surface area contributed by atoms with Gasteiger partial charge in [0.2, 0.25) is 5.60 Å². The highest BCUT2D eigenvalue weighted by Crippen LogP contribution is 2.33. The topological polar surface area (TPSA) is 63.2 Å². The predicted molar refractivity (Wildman–Crippen MR) is 108 cm³/mol. The Bertz CT molecular complexity index is 772. The molecule has 0 aromatic heterocycles. The molecule has 4 rings (SSSR count). The lowest BCUT2D eigenvalue weighted by molar-refractivity contribution is -0.142. The van der Waals surface area contributed by atoms with E-state index in [0.29, 0.717) is 24.2 Å². The zero-order valence-electron chi connectivity index (χ0n) is 17.1. The Kier molecular flexibility index (Phi) is 5.88. The van der Waals surface area contributed by atoms with E-state index >= 15 is 0 Å². The average Bonchev–Trinajstić information content (AvgIpc) is 3.37. The molecule has 0 saturated carbocycles. The molecule has 3 aliphatic rings. The summed E-state index contributed by atoms with van der Waals surface area (Å²) in [4.78, 5) is 21.0. The van der Waals surface area contributed by atoms with E-state index in [0.717, 1.165) is 45.7 Å². The summed E-state index contributed by atoms with van der Waals surface area (Å²) < 4.78 is 19.1. The third kappa shape index (κ3) is 4.61. The number of benzene rings is 1.